The lowest BCUT2D eigenvalue weighted by Gasteiger charge is -2.14. The van der Waals surface area contributed by atoms with E-state index in [1.807, 2.05) is 41.4 Å². The highest BCUT2D eigenvalue weighted by molar-refractivity contribution is 6.30. The van der Waals surface area contributed by atoms with Gasteiger partial charge < -0.3 is 10.6 Å². The van der Waals surface area contributed by atoms with Crippen LogP contribution >= 0.6 is 11.6 Å². The van der Waals surface area contributed by atoms with Crippen molar-refractivity contribution in [3.63, 3.8) is 0 Å². The number of aliphatic imine (C=N–C) groups is 1. The number of benzene rings is 2. The first-order valence-electron chi connectivity index (χ1n) is 8.59. The molecule has 0 saturated heterocycles. The molecule has 0 bridgehead atoms. The topological polar surface area (TPSA) is 104 Å². The normalized spacial score (nSPS) is 12.8. The smallest absolute Gasteiger partial charge is 0.168 e. The molecule has 1 aliphatic heterocycles. The third-order valence-corrected chi connectivity index (χ3v) is 4.41. The maximum absolute atomic E-state index is 9.53. The first-order valence-corrected chi connectivity index (χ1v) is 8.97. The maximum atomic E-state index is 9.53. The molecule has 1 aromatic heterocycles. The molecule has 9 heteroatoms. The zero-order chi connectivity index (χ0) is 19.3. The highest BCUT2D eigenvalue weighted by Gasteiger charge is 2.13. The highest BCUT2D eigenvalue weighted by Crippen LogP contribution is 2.25. The van der Waals surface area contributed by atoms with Gasteiger partial charge in [-0.05, 0) is 35.9 Å². The molecular weight excluding hydrogens is 376 g/mol. The van der Waals surface area contributed by atoms with Gasteiger partial charge in [-0.2, -0.15) is 10.4 Å². The SMILES string of the molecule is N#Cc1c(NCc2ccc(N3C=NCN3)cc2)n[nH]c1Nc1cccc(Cl)c1. The Hall–Kier alpha value is -3.54. The first kappa shape index (κ1) is 17.9. The van der Waals surface area contributed by atoms with E-state index in [-0.39, 0.29) is 0 Å². The summed E-state index contributed by atoms with van der Waals surface area (Å²) in [5.74, 6) is 1.01. The monoisotopic (exact) mass is 392 g/mol. The Morgan fingerprint density at radius 1 is 1.21 bits per heavy atom. The Morgan fingerprint density at radius 3 is 2.79 bits per heavy atom. The van der Waals surface area contributed by atoms with E-state index >= 15 is 0 Å². The summed E-state index contributed by atoms with van der Waals surface area (Å²) in [4.78, 5) is 4.12. The standard InChI is InChI=1S/C19H17ClN8/c20-14-2-1-3-15(8-14)25-19-17(9-21)18(26-27-19)23-10-13-4-6-16(7-5-13)28-12-22-11-24-28/h1-8,12,24H,10-11H2,(H3,23,25,26,27). The van der Waals surface area contributed by atoms with Gasteiger partial charge in [0, 0.05) is 17.3 Å². The Balaban J connectivity index is 1.43. The van der Waals surface area contributed by atoms with Gasteiger partial charge in [-0.1, -0.05) is 29.8 Å². The van der Waals surface area contributed by atoms with Crippen LogP contribution in [0.4, 0.5) is 23.0 Å². The van der Waals surface area contributed by atoms with Crippen LogP contribution in [0.2, 0.25) is 5.02 Å². The molecule has 0 atom stereocenters. The number of aromatic nitrogens is 2. The fourth-order valence-corrected chi connectivity index (χ4v) is 2.97. The maximum Gasteiger partial charge on any atom is 0.168 e. The quantitative estimate of drug-likeness (QED) is 0.511. The number of anilines is 4. The Bertz CT molecular complexity index is 1030. The van der Waals surface area contributed by atoms with E-state index in [2.05, 4.69) is 37.3 Å². The minimum Gasteiger partial charge on any atom is -0.363 e. The lowest BCUT2D eigenvalue weighted by molar-refractivity contribution is 0.797. The second kappa shape index (κ2) is 8.00. The van der Waals surface area contributed by atoms with Crippen LogP contribution < -0.4 is 21.1 Å². The average molecular weight is 393 g/mol. The summed E-state index contributed by atoms with van der Waals surface area (Å²) >= 11 is 6.00. The van der Waals surface area contributed by atoms with Crippen molar-refractivity contribution in [3.05, 3.63) is 64.7 Å². The molecule has 2 heterocycles. The van der Waals surface area contributed by atoms with Crippen LogP contribution in [0.1, 0.15) is 11.1 Å². The van der Waals surface area contributed by atoms with Gasteiger partial charge in [0.15, 0.2) is 5.82 Å². The van der Waals surface area contributed by atoms with Crippen LogP contribution in [-0.2, 0) is 6.54 Å². The van der Waals surface area contributed by atoms with Crippen LogP contribution in [0.5, 0.6) is 0 Å². The second-order valence-electron chi connectivity index (χ2n) is 6.07. The summed E-state index contributed by atoms with van der Waals surface area (Å²) in [5, 5.41) is 25.4. The van der Waals surface area contributed by atoms with Crippen molar-refractivity contribution in [1.29, 1.82) is 5.26 Å². The van der Waals surface area contributed by atoms with Crippen molar-refractivity contribution < 1.29 is 0 Å². The Kier molecular flexibility index (Phi) is 5.10. The molecule has 4 N–H and O–H groups in total. The van der Waals surface area contributed by atoms with E-state index in [9.17, 15) is 5.26 Å². The molecule has 0 spiro atoms. The van der Waals surface area contributed by atoms with E-state index in [0.29, 0.717) is 35.4 Å². The fraction of sp³-hybridized carbons (Fsp3) is 0.105. The molecule has 2 aromatic carbocycles. The average Bonchev–Trinajstić information content (AvgIpc) is 3.37. The van der Waals surface area contributed by atoms with Crippen molar-refractivity contribution in [2.45, 2.75) is 6.54 Å². The van der Waals surface area contributed by atoms with Crippen molar-refractivity contribution in [2.75, 3.05) is 22.3 Å². The number of aromatic amines is 1. The Morgan fingerprint density at radius 2 is 2.07 bits per heavy atom. The van der Waals surface area contributed by atoms with E-state index in [4.69, 9.17) is 11.6 Å². The number of halogens is 1. The van der Waals surface area contributed by atoms with Crippen molar-refractivity contribution in [1.82, 2.24) is 15.6 Å². The molecule has 4 rings (SSSR count). The number of nitrogens with zero attached hydrogens (tertiary/aromatic N) is 4. The predicted octanol–water partition coefficient (Wildman–Crippen LogP) is 3.60. The predicted molar refractivity (Wildman–Crippen MR) is 111 cm³/mol. The minimum absolute atomic E-state index is 0.411. The number of hydrogen-bond acceptors (Lipinski definition) is 7. The van der Waals surface area contributed by atoms with Crippen molar-refractivity contribution in [2.24, 2.45) is 4.99 Å². The zero-order valence-electron chi connectivity index (χ0n) is 14.8. The first-order chi connectivity index (χ1) is 13.7. The zero-order valence-corrected chi connectivity index (χ0v) is 15.5. The molecule has 0 amide bonds. The third-order valence-electron chi connectivity index (χ3n) is 4.18. The fourth-order valence-electron chi connectivity index (χ4n) is 2.78. The second-order valence-corrected chi connectivity index (χ2v) is 6.51. The number of H-pyrrole nitrogens is 1. The molecule has 0 unspecified atom stereocenters. The molecule has 0 aliphatic carbocycles. The minimum atomic E-state index is 0.411. The molecule has 140 valence electrons. The molecular formula is C19H17ClN8. The molecule has 0 saturated carbocycles. The van der Waals surface area contributed by atoms with Crippen LogP contribution in [-0.4, -0.2) is 23.2 Å². The highest BCUT2D eigenvalue weighted by atomic mass is 35.5. The molecule has 0 fully saturated rings. The number of hydrogen-bond donors (Lipinski definition) is 4. The summed E-state index contributed by atoms with van der Waals surface area (Å²) in [6.45, 7) is 1.13. The van der Waals surface area contributed by atoms with Gasteiger partial charge in [0.2, 0.25) is 0 Å². The molecule has 8 nitrogen and oxygen atoms in total. The molecule has 1 aliphatic rings. The van der Waals surface area contributed by atoms with Crippen molar-refractivity contribution in [3.8, 4) is 6.07 Å². The van der Waals surface area contributed by atoms with Gasteiger partial charge in [-0.3, -0.25) is 15.1 Å². The van der Waals surface area contributed by atoms with Crippen LogP contribution in [0.25, 0.3) is 0 Å². The van der Waals surface area contributed by atoms with E-state index < -0.39 is 0 Å². The van der Waals surface area contributed by atoms with E-state index in [0.717, 1.165) is 16.9 Å². The molecule has 3 aromatic rings. The lowest BCUT2D eigenvalue weighted by Crippen LogP contribution is -2.30. The van der Waals surface area contributed by atoms with E-state index in [1.54, 1.807) is 18.5 Å². The number of nitriles is 1. The largest absolute Gasteiger partial charge is 0.363 e. The van der Waals surface area contributed by atoms with Gasteiger partial charge in [0.1, 0.15) is 30.5 Å². The van der Waals surface area contributed by atoms with E-state index in [1.165, 1.54) is 0 Å². The van der Waals surface area contributed by atoms with Gasteiger partial charge in [-0.15, -0.1) is 0 Å². The summed E-state index contributed by atoms with van der Waals surface area (Å²) in [6, 6.07) is 17.5. The summed E-state index contributed by atoms with van der Waals surface area (Å²) in [6.07, 6.45) is 1.75. The number of nitrogens with one attached hydrogen (secondary N) is 4. The van der Waals surface area contributed by atoms with Gasteiger partial charge >= 0.3 is 0 Å². The van der Waals surface area contributed by atoms with Crippen LogP contribution in [0, 0.1) is 11.3 Å². The number of hydrazine groups is 1. The van der Waals surface area contributed by atoms with Crippen LogP contribution in [0.15, 0.2) is 53.5 Å². The molecule has 28 heavy (non-hydrogen) atoms. The lowest BCUT2D eigenvalue weighted by atomic mass is 10.2. The summed E-state index contributed by atoms with van der Waals surface area (Å²) in [5.41, 5.74) is 6.38. The number of rotatable bonds is 6. The van der Waals surface area contributed by atoms with Gasteiger partial charge in [-0.25, -0.2) is 5.43 Å². The van der Waals surface area contributed by atoms with Gasteiger partial charge in [0.25, 0.3) is 0 Å². The summed E-state index contributed by atoms with van der Waals surface area (Å²) in [7, 11) is 0. The van der Waals surface area contributed by atoms with Crippen LogP contribution in [0.3, 0.4) is 0 Å². The third kappa shape index (κ3) is 3.91. The Labute approximate surface area is 166 Å². The molecule has 0 radical (unpaired) electrons. The summed E-state index contributed by atoms with van der Waals surface area (Å²) < 4.78 is 0. The van der Waals surface area contributed by atoms with Crippen molar-refractivity contribution >= 4 is 40.9 Å². The van der Waals surface area contributed by atoms with Gasteiger partial charge in [0.05, 0.1) is 5.69 Å².